The molecule has 1 aliphatic rings. The minimum atomic E-state index is -0.421. The van der Waals surface area contributed by atoms with E-state index in [1.165, 1.54) is 14.2 Å². The second-order valence-electron chi connectivity index (χ2n) is 3.59. The number of hydrogen-bond acceptors (Lipinski definition) is 6. The van der Waals surface area contributed by atoms with Gasteiger partial charge in [0.2, 0.25) is 5.89 Å². The molecule has 0 spiro atoms. The Balaban J connectivity index is 2.09. The van der Waals surface area contributed by atoms with Crippen LogP contribution in [-0.4, -0.2) is 41.8 Å². The average Bonchev–Trinajstić information content (AvgIpc) is 2.96. The van der Waals surface area contributed by atoms with E-state index in [1.54, 1.807) is 0 Å². The fourth-order valence-electron chi connectivity index (χ4n) is 1.58. The molecule has 1 aromatic heterocycles. The lowest BCUT2D eigenvalue weighted by atomic mass is 10.2. The van der Waals surface area contributed by atoms with Crippen molar-refractivity contribution in [2.75, 3.05) is 20.7 Å². The molecule has 2 heterocycles. The summed E-state index contributed by atoms with van der Waals surface area (Å²) in [6.07, 6.45) is 2.03. The van der Waals surface area contributed by atoms with Gasteiger partial charge in [-0.2, -0.15) is 4.98 Å². The van der Waals surface area contributed by atoms with Crippen molar-refractivity contribution < 1.29 is 14.2 Å². The van der Waals surface area contributed by atoms with E-state index in [1.807, 2.05) is 0 Å². The SMILES string of the molecule is CON(C)C(=O)c1noc(C2CCCN2)n1. The lowest BCUT2D eigenvalue weighted by Gasteiger charge is -2.09. The van der Waals surface area contributed by atoms with Crippen molar-refractivity contribution in [3.05, 3.63) is 11.7 Å². The first-order valence-electron chi connectivity index (χ1n) is 5.11. The van der Waals surface area contributed by atoms with Crippen LogP contribution in [0.4, 0.5) is 0 Å². The van der Waals surface area contributed by atoms with Crippen LogP contribution in [0.2, 0.25) is 0 Å². The van der Waals surface area contributed by atoms with Gasteiger partial charge in [-0.15, -0.1) is 0 Å². The van der Waals surface area contributed by atoms with Crippen LogP contribution in [0.1, 0.15) is 35.4 Å². The van der Waals surface area contributed by atoms with Gasteiger partial charge < -0.3 is 9.84 Å². The molecule has 1 fully saturated rings. The average molecular weight is 226 g/mol. The van der Waals surface area contributed by atoms with Crippen molar-refractivity contribution in [1.29, 1.82) is 0 Å². The zero-order valence-electron chi connectivity index (χ0n) is 9.27. The summed E-state index contributed by atoms with van der Waals surface area (Å²) in [7, 11) is 2.89. The van der Waals surface area contributed by atoms with Crippen LogP contribution in [0, 0.1) is 0 Å². The monoisotopic (exact) mass is 226 g/mol. The minimum absolute atomic E-state index is 0.0213. The normalized spacial score (nSPS) is 20.0. The van der Waals surface area contributed by atoms with E-state index >= 15 is 0 Å². The molecule has 2 rings (SSSR count). The topological polar surface area (TPSA) is 80.5 Å². The van der Waals surface area contributed by atoms with E-state index in [-0.39, 0.29) is 11.9 Å². The highest BCUT2D eigenvalue weighted by atomic mass is 16.7. The molecule has 0 saturated carbocycles. The maximum absolute atomic E-state index is 11.6. The Labute approximate surface area is 92.7 Å². The Morgan fingerprint density at radius 1 is 1.69 bits per heavy atom. The molecule has 7 heteroatoms. The predicted molar refractivity (Wildman–Crippen MR) is 53.4 cm³/mol. The number of carbonyl (C=O) groups excluding carboxylic acids is 1. The summed E-state index contributed by atoms with van der Waals surface area (Å²) in [5.74, 6) is 0.0638. The third kappa shape index (κ3) is 2.05. The van der Waals surface area contributed by atoms with Crippen molar-refractivity contribution in [3.63, 3.8) is 0 Å². The van der Waals surface area contributed by atoms with Crippen LogP contribution in [0.5, 0.6) is 0 Å². The Morgan fingerprint density at radius 2 is 2.50 bits per heavy atom. The van der Waals surface area contributed by atoms with Crippen molar-refractivity contribution >= 4 is 5.91 Å². The Bertz CT molecular complexity index is 373. The predicted octanol–water partition coefficient (Wildman–Crippen LogP) is 0.127. The molecule has 1 amide bonds. The quantitative estimate of drug-likeness (QED) is 0.738. The van der Waals surface area contributed by atoms with E-state index < -0.39 is 5.91 Å². The minimum Gasteiger partial charge on any atom is -0.337 e. The van der Waals surface area contributed by atoms with Crippen molar-refractivity contribution in [2.24, 2.45) is 0 Å². The van der Waals surface area contributed by atoms with Gasteiger partial charge in [-0.05, 0) is 19.4 Å². The maximum atomic E-state index is 11.6. The van der Waals surface area contributed by atoms with Crippen LogP contribution in [0.3, 0.4) is 0 Å². The third-order valence-electron chi connectivity index (χ3n) is 2.55. The Morgan fingerprint density at radius 3 is 3.12 bits per heavy atom. The van der Waals surface area contributed by atoms with Crippen molar-refractivity contribution in [3.8, 4) is 0 Å². The van der Waals surface area contributed by atoms with Gasteiger partial charge in [0.25, 0.3) is 5.82 Å². The molecule has 1 aromatic rings. The van der Waals surface area contributed by atoms with Gasteiger partial charge in [0.15, 0.2) is 0 Å². The summed E-state index contributed by atoms with van der Waals surface area (Å²) in [6.45, 7) is 0.939. The van der Waals surface area contributed by atoms with Crippen molar-refractivity contribution in [2.45, 2.75) is 18.9 Å². The van der Waals surface area contributed by atoms with Gasteiger partial charge in [-0.25, -0.2) is 5.06 Å². The standard InChI is InChI=1S/C9H14N4O3/c1-13(15-2)9(14)7-11-8(16-12-7)6-4-3-5-10-6/h6,10H,3-5H2,1-2H3. The zero-order valence-corrected chi connectivity index (χ0v) is 9.27. The molecule has 0 bridgehead atoms. The molecule has 0 radical (unpaired) electrons. The van der Waals surface area contributed by atoms with E-state index in [0.29, 0.717) is 5.89 Å². The number of nitrogens with zero attached hydrogens (tertiary/aromatic N) is 3. The Kier molecular flexibility index (Phi) is 3.16. The highest BCUT2D eigenvalue weighted by Crippen LogP contribution is 2.21. The summed E-state index contributed by atoms with van der Waals surface area (Å²) in [5, 5.41) is 7.90. The first-order chi connectivity index (χ1) is 7.72. The molecule has 0 aromatic carbocycles. The van der Waals surface area contributed by atoms with E-state index in [9.17, 15) is 4.79 Å². The number of hydrogen-bond donors (Lipinski definition) is 1. The highest BCUT2D eigenvalue weighted by Gasteiger charge is 2.25. The molecule has 16 heavy (non-hydrogen) atoms. The molecule has 1 saturated heterocycles. The van der Waals surface area contributed by atoms with Gasteiger partial charge >= 0.3 is 5.91 Å². The first kappa shape index (κ1) is 11.0. The molecule has 1 unspecified atom stereocenters. The molecule has 1 aliphatic heterocycles. The summed E-state index contributed by atoms with van der Waals surface area (Å²) < 4.78 is 5.04. The summed E-state index contributed by atoms with van der Waals surface area (Å²) in [4.78, 5) is 20.4. The van der Waals surface area contributed by atoms with Gasteiger partial charge in [-0.1, -0.05) is 5.16 Å². The zero-order chi connectivity index (χ0) is 11.5. The van der Waals surface area contributed by atoms with Gasteiger partial charge in [0.05, 0.1) is 13.2 Å². The molecular weight excluding hydrogens is 212 g/mol. The molecule has 1 atom stereocenters. The lowest BCUT2D eigenvalue weighted by Crippen LogP contribution is -2.26. The van der Waals surface area contributed by atoms with Gasteiger partial charge in [0.1, 0.15) is 0 Å². The van der Waals surface area contributed by atoms with Crippen LogP contribution in [-0.2, 0) is 4.84 Å². The second kappa shape index (κ2) is 4.58. The molecule has 0 aliphatic carbocycles. The summed E-state index contributed by atoms with van der Waals surface area (Å²) in [5.41, 5.74) is 0. The number of aromatic nitrogens is 2. The van der Waals surface area contributed by atoms with Gasteiger partial charge in [-0.3, -0.25) is 9.63 Å². The van der Waals surface area contributed by atoms with E-state index in [2.05, 4.69) is 15.5 Å². The van der Waals surface area contributed by atoms with Crippen LogP contribution in [0.15, 0.2) is 4.52 Å². The van der Waals surface area contributed by atoms with Crippen molar-refractivity contribution in [1.82, 2.24) is 20.5 Å². The number of amides is 1. The van der Waals surface area contributed by atoms with Gasteiger partial charge in [0, 0.05) is 7.05 Å². The highest BCUT2D eigenvalue weighted by molar-refractivity contribution is 5.89. The summed E-state index contributed by atoms with van der Waals surface area (Å²) in [6, 6.07) is 0.0712. The van der Waals surface area contributed by atoms with Crippen LogP contribution in [0.25, 0.3) is 0 Å². The molecular formula is C9H14N4O3. The summed E-state index contributed by atoms with van der Waals surface area (Å²) >= 11 is 0. The smallest absolute Gasteiger partial charge is 0.318 e. The lowest BCUT2D eigenvalue weighted by molar-refractivity contribution is -0.0765. The first-order valence-corrected chi connectivity index (χ1v) is 5.11. The molecule has 88 valence electrons. The largest absolute Gasteiger partial charge is 0.337 e. The fraction of sp³-hybridized carbons (Fsp3) is 0.667. The third-order valence-corrected chi connectivity index (χ3v) is 2.55. The number of rotatable bonds is 3. The van der Waals surface area contributed by atoms with E-state index in [4.69, 9.17) is 9.36 Å². The molecule has 7 nitrogen and oxygen atoms in total. The van der Waals surface area contributed by atoms with Crippen LogP contribution >= 0.6 is 0 Å². The number of carbonyl (C=O) groups is 1. The molecule has 1 N–H and O–H groups in total. The van der Waals surface area contributed by atoms with E-state index in [0.717, 1.165) is 24.4 Å². The maximum Gasteiger partial charge on any atom is 0.318 e. The van der Waals surface area contributed by atoms with Crippen LogP contribution < -0.4 is 5.32 Å². The second-order valence-corrected chi connectivity index (χ2v) is 3.59. The number of nitrogens with one attached hydrogen (secondary N) is 1. The Hall–Kier alpha value is -1.47. The fourth-order valence-corrected chi connectivity index (χ4v) is 1.58. The number of hydroxylamine groups is 2.